The van der Waals surface area contributed by atoms with Crippen molar-refractivity contribution in [3.8, 4) is 0 Å². The average Bonchev–Trinajstić information content (AvgIpc) is 2.39. The third-order valence-corrected chi connectivity index (χ3v) is 3.47. The van der Waals surface area contributed by atoms with Gasteiger partial charge in [-0.15, -0.1) is 0 Å². The van der Waals surface area contributed by atoms with Crippen molar-refractivity contribution in [3.05, 3.63) is 23.9 Å². The molecule has 0 aromatic carbocycles. The Hall–Kier alpha value is -1.09. The van der Waals surface area contributed by atoms with Gasteiger partial charge < -0.3 is 10.6 Å². The monoisotopic (exact) mass is 219 g/mol. The largest absolute Gasteiger partial charge is 0.356 e. The molecule has 1 saturated heterocycles. The topological polar surface area (TPSA) is 42.1 Å². The van der Waals surface area contributed by atoms with Gasteiger partial charge in [0.2, 0.25) is 0 Å². The van der Waals surface area contributed by atoms with Gasteiger partial charge >= 0.3 is 0 Å². The van der Waals surface area contributed by atoms with Crippen LogP contribution in [0, 0.1) is 5.92 Å². The Kier molecular flexibility index (Phi) is 3.78. The number of nitrogens with two attached hydrogens (primary N) is 1. The van der Waals surface area contributed by atoms with Crippen LogP contribution >= 0.6 is 0 Å². The van der Waals surface area contributed by atoms with Crippen molar-refractivity contribution in [2.45, 2.75) is 32.7 Å². The lowest BCUT2D eigenvalue weighted by Gasteiger charge is -2.33. The fraction of sp³-hybridized carbons (Fsp3) is 0.615. The van der Waals surface area contributed by atoms with E-state index in [0.717, 1.165) is 24.8 Å². The summed E-state index contributed by atoms with van der Waals surface area (Å²) >= 11 is 0. The number of piperidine rings is 1. The number of anilines is 1. The molecule has 2 heterocycles. The molecule has 1 aromatic rings. The van der Waals surface area contributed by atoms with Crippen molar-refractivity contribution in [2.75, 3.05) is 18.0 Å². The van der Waals surface area contributed by atoms with Crippen LogP contribution < -0.4 is 10.6 Å². The molecule has 0 bridgehead atoms. The molecule has 0 spiro atoms. The molecule has 0 saturated carbocycles. The maximum absolute atomic E-state index is 5.66. The van der Waals surface area contributed by atoms with Crippen LogP contribution in [0.15, 0.2) is 18.3 Å². The van der Waals surface area contributed by atoms with Gasteiger partial charge in [-0.2, -0.15) is 0 Å². The van der Waals surface area contributed by atoms with E-state index < -0.39 is 0 Å². The molecule has 1 atom stereocenters. The second-order valence-corrected chi connectivity index (χ2v) is 4.59. The molecule has 1 aliphatic heterocycles. The summed E-state index contributed by atoms with van der Waals surface area (Å²) in [6.45, 7) is 5.16. The van der Waals surface area contributed by atoms with E-state index in [0.29, 0.717) is 6.54 Å². The minimum absolute atomic E-state index is 0.598. The lowest BCUT2D eigenvalue weighted by molar-refractivity contribution is 0.403. The van der Waals surface area contributed by atoms with Crippen molar-refractivity contribution in [3.63, 3.8) is 0 Å². The normalized spacial score (nSPS) is 21.1. The van der Waals surface area contributed by atoms with Crippen LogP contribution in [-0.4, -0.2) is 18.1 Å². The summed E-state index contributed by atoms with van der Waals surface area (Å²) in [6.07, 6.45) is 5.79. The zero-order chi connectivity index (χ0) is 11.4. The highest BCUT2D eigenvalue weighted by Gasteiger charge is 2.19. The summed E-state index contributed by atoms with van der Waals surface area (Å²) in [5, 5.41) is 0. The number of aromatic nitrogens is 1. The van der Waals surface area contributed by atoms with Crippen LogP contribution in [0.3, 0.4) is 0 Å². The Morgan fingerprint density at radius 1 is 1.56 bits per heavy atom. The fourth-order valence-electron chi connectivity index (χ4n) is 2.37. The second-order valence-electron chi connectivity index (χ2n) is 4.59. The Balaban J connectivity index is 2.10. The van der Waals surface area contributed by atoms with Gasteiger partial charge in [-0.1, -0.05) is 13.3 Å². The standard InChI is InChI=1S/C13H21N3/c1-2-11-4-3-7-16(10-11)13-8-12(9-14)5-6-15-13/h5-6,8,11H,2-4,7,9-10,14H2,1H3. The van der Waals surface area contributed by atoms with Gasteiger partial charge in [0.25, 0.3) is 0 Å². The molecule has 16 heavy (non-hydrogen) atoms. The molecule has 1 fully saturated rings. The van der Waals surface area contributed by atoms with Crippen LogP contribution in [0.5, 0.6) is 0 Å². The van der Waals surface area contributed by atoms with Gasteiger partial charge in [0.05, 0.1) is 0 Å². The van der Waals surface area contributed by atoms with E-state index in [9.17, 15) is 0 Å². The molecule has 0 amide bonds. The first-order valence-corrected chi connectivity index (χ1v) is 6.23. The van der Waals surface area contributed by atoms with Gasteiger partial charge in [0.1, 0.15) is 5.82 Å². The van der Waals surface area contributed by atoms with Gasteiger partial charge in [0, 0.05) is 25.8 Å². The van der Waals surface area contributed by atoms with Crippen LogP contribution in [0.2, 0.25) is 0 Å². The molecule has 88 valence electrons. The average molecular weight is 219 g/mol. The Bertz CT molecular complexity index is 338. The van der Waals surface area contributed by atoms with Crippen LogP contribution in [0.4, 0.5) is 5.82 Å². The number of rotatable bonds is 3. The quantitative estimate of drug-likeness (QED) is 0.847. The van der Waals surface area contributed by atoms with Gasteiger partial charge in [-0.05, 0) is 36.5 Å². The first-order valence-electron chi connectivity index (χ1n) is 6.23. The molecule has 1 aromatic heterocycles. The third kappa shape index (κ3) is 2.53. The van der Waals surface area contributed by atoms with Crippen molar-refractivity contribution < 1.29 is 0 Å². The molecule has 3 nitrogen and oxygen atoms in total. The Morgan fingerprint density at radius 2 is 2.44 bits per heavy atom. The number of pyridine rings is 1. The maximum atomic E-state index is 5.66. The van der Waals surface area contributed by atoms with E-state index in [1.54, 1.807) is 0 Å². The number of hydrogen-bond acceptors (Lipinski definition) is 3. The first-order chi connectivity index (χ1) is 7.83. The molecular weight excluding hydrogens is 198 g/mol. The lowest BCUT2D eigenvalue weighted by Crippen LogP contribution is -2.35. The predicted octanol–water partition coefficient (Wildman–Crippen LogP) is 2.17. The van der Waals surface area contributed by atoms with E-state index >= 15 is 0 Å². The Morgan fingerprint density at radius 3 is 3.19 bits per heavy atom. The molecule has 2 N–H and O–H groups in total. The van der Waals surface area contributed by atoms with E-state index in [2.05, 4.69) is 22.9 Å². The van der Waals surface area contributed by atoms with Crippen molar-refractivity contribution in [1.82, 2.24) is 4.98 Å². The maximum Gasteiger partial charge on any atom is 0.128 e. The highest BCUT2D eigenvalue weighted by molar-refractivity contribution is 5.41. The van der Waals surface area contributed by atoms with Crippen molar-refractivity contribution in [2.24, 2.45) is 11.7 Å². The predicted molar refractivity (Wildman–Crippen MR) is 67.4 cm³/mol. The molecule has 2 rings (SSSR count). The van der Waals surface area contributed by atoms with Gasteiger partial charge in [-0.3, -0.25) is 0 Å². The minimum atomic E-state index is 0.598. The summed E-state index contributed by atoms with van der Waals surface area (Å²) in [7, 11) is 0. The summed E-state index contributed by atoms with van der Waals surface area (Å²) < 4.78 is 0. The van der Waals surface area contributed by atoms with E-state index in [-0.39, 0.29) is 0 Å². The molecule has 0 radical (unpaired) electrons. The van der Waals surface area contributed by atoms with Crippen LogP contribution in [0.1, 0.15) is 31.7 Å². The number of nitrogens with zero attached hydrogens (tertiary/aromatic N) is 2. The summed E-state index contributed by atoms with van der Waals surface area (Å²) in [6, 6.07) is 4.11. The van der Waals surface area contributed by atoms with Crippen LogP contribution in [0.25, 0.3) is 0 Å². The molecule has 1 unspecified atom stereocenters. The molecule has 1 aliphatic rings. The molecule has 0 aliphatic carbocycles. The fourth-order valence-corrected chi connectivity index (χ4v) is 2.37. The smallest absolute Gasteiger partial charge is 0.128 e. The van der Waals surface area contributed by atoms with Gasteiger partial charge in [0.15, 0.2) is 0 Å². The second kappa shape index (κ2) is 5.30. The highest BCUT2D eigenvalue weighted by atomic mass is 15.2. The summed E-state index contributed by atoms with van der Waals surface area (Å²) in [5.41, 5.74) is 6.83. The van der Waals surface area contributed by atoms with Crippen molar-refractivity contribution >= 4 is 5.82 Å². The van der Waals surface area contributed by atoms with E-state index in [1.807, 2.05) is 12.3 Å². The summed E-state index contributed by atoms with van der Waals surface area (Å²) in [5.74, 6) is 1.93. The van der Waals surface area contributed by atoms with Crippen LogP contribution in [-0.2, 0) is 6.54 Å². The zero-order valence-electron chi connectivity index (χ0n) is 10.0. The first kappa shape index (κ1) is 11.4. The van der Waals surface area contributed by atoms with E-state index in [4.69, 9.17) is 5.73 Å². The molecular formula is C13H21N3. The molecule has 3 heteroatoms. The minimum Gasteiger partial charge on any atom is -0.356 e. The van der Waals surface area contributed by atoms with E-state index in [1.165, 1.54) is 24.8 Å². The lowest BCUT2D eigenvalue weighted by atomic mass is 9.95. The zero-order valence-corrected chi connectivity index (χ0v) is 10.0. The Labute approximate surface area is 97.7 Å². The highest BCUT2D eigenvalue weighted by Crippen LogP contribution is 2.23. The van der Waals surface area contributed by atoms with Crippen molar-refractivity contribution in [1.29, 1.82) is 0 Å². The number of hydrogen-bond donors (Lipinski definition) is 1. The third-order valence-electron chi connectivity index (χ3n) is 3.47. The SMILES string of the molecule is CCC1CCCN(c2cc(CN)ccn2)C1. The van der Waals surface area contributed by atoms with Gasteiger partial charge in [-0.25, -0.2) is 4.98 Å². The summed E-state index contributed by atoms with van der Waals surface area (Å²) in [4.78, 5) is 6.85.